The SMILES string of the molecule is Cn1c(O)cc(Nc2cc(O)n(C)c2O)c1O. The lowest BCUT2D eigenvalue weighted by Gasteiger charge is -2.03. The standard InChI is InChI=1S/C10H13N3O4/c1-12-7(14)3-5(9(12)16)11-6-4-8(15)13(2)10(6)17/h3-4,11,14-17H,1-2H3. The van der Waals surface area contributed by atoms with Gasteiger partial charge in [0.15, 0.2) is 11.8 Å². The van der Waals surface area contributed by atoms with Crippen LogP contribution in [0.5, 0.6) is 23.5 Å². The molecule has 0 saturated heterocycles. The molecular weight excluding hydrogens is 226 g/mol. The summed E-state index contributed by atoms with van der Waals surface area (Å²) < 4.78 is 2.34. The number of anilines is 2. The van der Waals surface area contributed by atoms with Crippen molar-refractivity contribution in [1.82, 2.24) is 9.13 Å². The first-order valence-electron chi connectivity index (χ1n) is 4.84. The highest BCUT2D eigenvalue weighted by molar-refractivity contribution is 5.71. The van der Waals surface area contributed by atoms with E-state index in [1.54, 1.807) is 0 Å². The third-order valence-electron chi connectivity index (χ3n) is 2.62. The van der Waals surface area contributed by atoms with Crippen LogP contribution < -0.4 is 5.32 Å². The van der Waals surface area contributed by atoms with E-state index in [0.717, 1.165) is 0 Å². The first kappa shape index (κ1) is 11.1. The maximum Gasteiger partial charge on any atom is 0.218 e. The van der Waals surface area contributed by atoms with Crippen LogP contribution in [-0.4, -0.2) is 29.6 Å². The summed E-state index contributed by atoms with van der Waals surface area (Å²) in [5, 5.41) is 40.7. The lowest BCUT2D eigenvalue weighted by atomic mass is 10.4. The van der Waals surface area contributed by atoms with Gasteiger partial charge in [-0.3, -0.25) is 9.13 Å². The molecule has 2 heterocycles. The summed E-state index contributed by atoms with van der Waals surface area (Å²) in [5.41, 5.74) is 0.455. The summed E-state index contributed by atoms with van der Waals surface area (Å²) in [4.78, 5) is 0. The Morgan fingerprint density at radius 1 is 0.824 bits per heavy atom. The summed E-state index contributed by atoms with van der Waals surface area (Å²) in [6.07, 6.45) is 0. The largest absolute Gasteiger partial charge is 0.494 e. The number of hydrogen-bond acceptors (Lipinski definition) is 5. The Balaban J connectivity index is 2.38. The average Bonchev–Trinajstić information content (AvgIpc) is 2.66. The fraction of sp³-hybridized carbons (Fsp3) is 0.200. The topological polar surface area (TPSA) is 103 Å². The van der Waals surface area contributed by atoms with E-state index in [1.807, 2.05) is 0 Å². The van der Waals surface area contributed by atoms with Crippen molar-refractivity contribution in [2.75, 3.05) is 5.32 Å². The lowest BCUT2D eigenvalue weighted by molar-refractivity contribution is 0.387. The summed E-state index contributed by atoms with van der Waals surface area (Å²) in [5.74, 6) is -0.593. The van der Waals surface area contributed by atoms with Crippen LogP contribution in [0.3, 0.4) is 0 Å². The Hall–Kier alpha value is -2.44. The fourth-order valence-corrected chi connectivity index (χ4v) is 1.49. The van der Waals surface area contributed by atoms with Gasteiger partial charge in [-0.05, 0) is 0 Å². The molecule has 0 aliphatic rings. The molecular formula is C10H13N3O4. The minimum Gasteiger partial charge on any atom is -0.494 e. The van der Waals surface area contributed by atoms with Crippen LogP contribution in [0.2, 0.25) is 0 Å². The molecule has 0 saturated carbocycles. The van der Waals surface area contributed by atoms with Crippen molar-refractivity contribution < 1.29 is 20.4 Å². The van der Waals surface area contributed by atoms with Crippen LogP contribution in [0.25, 0.3) is 0 Å². The van der Waals surface area contributed by atoms with E-state index < -0.39 is 0 Å². The molecule has 17 heavy (non-hydrogen) atoms. The second-order valence-corrected chi connectivity index (χ2v) is 3.72. The van der Waals surface area contributed by atoms with Crippen molar-refractivity contribution in [3.63, 3.8) is 0 Å². The molecule has 5 N–H and O–H groups in total. The molecule has 7 heteroatoms. The van der Waals surface area contributed by atoms with Crippen LogP contribution in [0.1, 0.15) is 0 Å². The van der Waals surface area contributed by atoms with Crippen LogP contribution in [0.4, 0.5) is 11.4 Å². The molecule has 0 bridgehead atoms. The predicted molar refractivity (Wildman–Crippen MR) is 60.8 cm³/mol. The Morgan fingerprint density at radius 2 is 1.18 bits per heavy atom. The molecule has 0 fully saturated rings. The Morgan fingerprint density at radius 3 is 1.41 bits per heavy atom. The maximum absolute atomic E-state index is 9.64. The molecule has 0 aliphatic carbocycles. The summed E-state index contributed by atoms with van der Waals surface area (Å²) >= 11 is 0. The van der Waals surface area contributed by atoms with Gasteiger partial charge in [-0.25, -0.2) is 0 Å². The van der Waals surface area contributed by atoms with Gasteiger partial charge >= 0.3 is 0 Å². The minimum atomic E-state index is -0.176. The lowest BCUT2D eigenvalue weighted by Crippen LogP contribution is -1.91. The van der Waals surface area contributed by atoms with Gasteiger partial charge in [0.05, 0.1) is 0 Å². The molecule has 2 aromatic rings. The Kier molecular flexibility index (Phi) is 2.31. The second-order valence-electron chi connectivity index (χ2n) is 3.72. The predicted octanol–water partition coefficient (Wildman–Crippen LogP) is 0.930. The summed E-state index contributed by atoms with van der Waals surface area (Å²) in [6, 6.07) is 2.61. The number of nitrogens with zero attached hydrogens (tertiary/aromatic N) is 2. The number of hydrogen-bond donors (Lipinski definition) is 5. The van der Waals surface area contributed by atoms with Crippen molar-refractivity contribution in [1.29, 1.82) is 0 Å². The molecule has 2 aromatic heterocycles. The first-order valence-corrected chi connectivity index (χ1v) is 4.84. The zero-order valence-electron chi connectivity index (χ0n) is 9.34. The third-order valence-corrected chi connectivity index (χ3v) is 2.62. The van der Waals surface area contributed by atoms with Gasteiger partial charge < -0.3 is 25.7 Å². The van der Waals surface area contributed by atoms with E-state index in [4.69, 9.17) is 0 Å². The molecule has 7 nitrogen and oxygen atoms in total. The quantitative estimate of drug-likeness (QED) is 0.536. The van der Waals surface area contributed by atoms with Crippen LogP contribution in [0.15, 0.2) is 12.1 Å². The zero-order valence-corrected chi connectivity index (χ0v) is 9.34. The van der Waals surface area contributed by atoms with Gasteiger partial charge in [0.2, 0.25) is 11.8 Å². The Labute approximate surface area is 96.8 Å². The maximum atomic E-state index is 9.64. The van der Waals surface area contributed by atoms with Crippen molar-refractivity contribution in [2.24, 2.45) is 14.1 Å². The highest BCUT2D eigenvalue weighted by Gasteiger charge is 2.15. The molecule has 0 aromatic carbocycles. The fourth-order valence-electron chi connectivity index (χ4n) is 1.49. The zero-order chi connectivity index (χ0) is 12.7. The summed E-state index contributed by atoms with van der Waals surface area (Å²) in [6.45, 7) is 0. The molecule has 0 spiro atoms. The van der Waals surface area contributed by atoms with Gasteiger partial charge in [0.1, 0.15) is 11.4 Å². The highest BCUT2D eigenvalue weighted by Crippen LogP contribution is 2.38. The molecule has 0 unspecified atom stereocenters. The third kappa shape index (κ3) is 1.61. The minimum absolute atomic E-state index is 0.121. The van der Waals surface area contributed by atoms with E-state index in [0.29, 0.717) is 0 Å². The van der Waals surface area contributed by atoms with E-state index in [1.165, 1.54) is 35.4 Å². The van der Waals surface area contributed by atoms with E-state index in [2.05, 4.69) is 5.32 Å². The molecule has 0 atom stereocenters. The first-order chi connectivity index (χ1) is 7.91. The number of rotatable bonds is 2. The van der Waals surface area contributed by atoms with Crippen LogP contribution in [0, 0.1) is 0 Å². The van der Waals surface area contributed by atoms with Gasteiger partial charge in [0.25, 0.3) is 0 Å². The number of aromatic nitrogens is 2. The highest BCUT2D eigenvalue weighted by atomic mass is 16.3. The molecule has 0 aliphatic heterocycles. The normalized spacial score (nSPS) is 10.7. The number of aromatic hydroxyl groups is 4. The molecule has 92 valence electrons. The monoisotopic (exact) mass is 239 g/mol. The van der Waals surface area contributed by atoms with Crippen molar-refractivity contribution >= 4 is 11.4 Å². The van der Waals surface area contributed by atoms with Crippen molar-refractivity contribution in [2.45, 2.75) is 0 Å². The van der Waals surface area contributed by atoms with Gasteiger partial charge in [-0.1, -0.05) is 0 Å². The molecule has 2 rings (SSSR count). The van der Waals surface area contributed by atoms with E-state index >= 15 is 0 Å². The smallest absolute Gasteiger partial charge is 0.218 e. The Bertz CT molecular complexity index is 520. The summed E-state index contributed by atoms with van der Waals surface area (Å²) in [7, 11) is 2.97. The molecule has 0 amide bonds. The average molecular weight is 239 g/mol. The molecule has 0 radical (unpaired) electrons. The number of nitrogens with one attached hydrogen (secondary N) is 1. The van der Waals surface area contributed by atoms with E-state index in [-0.39, 0.29) is 34.9 Å². The van der Waals surface area contributed by atoms with Gasteiger partial charge in [-0.15, -0.1) is 0 Å². The van der Waals surface area contributed by atoms with Crippen LogP contribution in [-0.2, 0) is 14.1 Å². The van der Waals surface area contributed by atoms with Crippen LogP contribution >= 0.6 is 0 Å². The van der Waals surface area contributed by atoms with Crippen molar-refractivity contribution in [3.05, 3.63) is 12.1 Å². The van der Waals surface area contributed by atoms with Crippen molar-refractivity contribution in [3.8, 4) is 23.5 Å². The van der Waals surface area contributed by atoms with E-state index in [9.17, 15) is 20.4 Å². The van der Waals surface area contributed by atoms with Gasteiger partial charge in [0, 0.05) is 26.2 Å². The van der Waals surface area contributed by atoms with Gasteiger partial charge in [-0.2, -0.15) is 0 Å². The second kappa shape index (κ2) is 3.55.